The van der Waals surface area contributed by atoms with Gasteiger partial charge in [-0.2, -0.15) is 0 Å². The summed E-state index contributed by atoms with van der Waals surface area (Å²) in [6.07, 6.45) is -0.303. The molecule has 0 aromatic heterocycles. The van der Waals surface area contributed by atoms with Crippen LogP contribution in [0, 0.1) is 0 Å². The smallest absolute Gasteiger partial charge is 0.335 e. The van der Waals surface area contributed by atoms with Crippen molar-refractivity contribution < 1.29 is 39.6 Å². The number of benzene rings is 2. The average Bonchev–Trinajstić information content (AvgIpc) is 2.54. The van der Waals surface area contributed by atoms with Crippen molar-refractivity contribution in [3.8, 4) is 0 Å². The van der Waals surface area contributed by atoms with Gasteiger partial charge < -0.3 is 20.4 Å². The fourth-order valence-electron chi connectivity index (χ4n) is 1.98. The molecule has 8 nitrogen and oxygen atoms in total. The Balaban J connectivity index is 0.000000260. The minimum Gasteiger partial charge on any atom is -0.481 e. The Bertz CT molecular complexity index is 756. The highest BCUT2D eigenvalue weighted by Crippen LogP contribution is 2.06. The third-order valence-electron chi connectivity index (χ3n) is 3.06. The van der Waals surface area contributed by atoms with Crippen LogP contribution in [0.15, 0.2) is 48.5 Å². The van der Waals surface area contributed by atoms with Crippen LogP contribution in [0.3, 0.4) is 0 Å². The highest BCUT2D eigenvalue weighted by molar-refractivity contribution is 5.88. The Hall–Kier alpha value is -3.68. The van der Waals surface area contributed by atoms with Gasteiger partial charge in [0, 0.05) is 0 Å². The fourth-order valence-corrected chi connectivity index (χ4v) is 1.98. The predicted molar refractivity (Wildman–Crippen MR) is 89.5 cm³/mol. The van der Waals surface area contributed by atoms with Gasteiger partial charge in [-0.25, -0.2) is 9.59 Å². The number of rotatable bonds is 6. The lowest BCUT2D eigenvalue weighted by molar-refractivity contribution is -0.137. The number of aromatic carboxylic acids is 2. The van der Waals surface area contributed by atoms with E-state index >= 15 is 0 Å². The number of hydrogen-bond donors (Lipinski definition) is 4. The maximum atomic E-state index is 10.5. The molecule has 0 aliphatic heterocycles. The number of hydrogen-bond acceptors (Lipinski definition) is 4. The first-order valence-electron chi connectivity index (χ1n) is 7.27. The van der Waals surface area contributed by atoms with Crippen molar-refractivity contribution in [2.75, 3.05) is 0 Å². The Morgan fingerprint density at radius 2 is 0.962 bits per heavy atom. The zero-order chi connectivity index (χ0) is 19.7. The van der Waals surface area contributed by atoms with Crippen molar-refractivity contribution in [2.24, 2.45) is 0 Å². The molecular formula is C18H16O8. The summed E-state index contributed by atoms with van der Waals surface area (Å²) >= 11 is 0. The molecule has 0 fully saturated rings. The number of aliphatic carboxylic acids is 2. The Morgan fingerprint density at radius 1 is 0.615 bits per heavy atom. The number of carboxylic acids is 4. The third kappa shape index (κ3) is 7.26. The Labute approximate surface area is 148 Å². The van der Waals surface area contributed by atoms with Crippen LogP contribution < -0.4 is 0 Å². The zero-order valence-corrected chi connectivity index (χ0v) is 13.5. The van der Waals surface area contributed by atoms with Crippen molar-refractivity contribution in [3.63, 3.8) is 0 Å². The molecule has 8 heteroatoms. The second kappa shape index (κ2) is 9.58. The minimum absolute atomic E-state index is 0.110. The lowest BCUT2D eigenvalue weighted by atomic mass is 10.1. The highest BCUT2D eigenvalue weighted by Gasteiger charge is 2.06. The quantitative estimate of drug-likeness (QED) is 0.611. The summed E-state index contributed by atoms with van der Waals surface area (Å²) in [5.41, 5.74) is 1.21. The largest absolute Gasteiger partial charge is 0.481 e. The first kappa shape index (κ1) is 20.4. The topological polar surface area (TPSA) is 149 Å². The van der Waals surface area contributed by atoms with Gasteiger partial charge in [-0.3, -0.25) is 9.59 Å². The van der Waals surface area contributed by atoms with Gasteiger partial charge in [0.15, 0.2) is 0 Å². The van der Waals surface area contributed by atoms with E-state index in [0.29, 0.717) is 11.1 Å². The molecule has 0 atom stereocenters. The maximum absolute atomic E-state index is 10.5. The van der Waals surface area contributed by atoms with E-state index in [0.717, 1.165) is 0 Å². The molecule has 2 aromatic carbocycles. The molecule has 0 radical (unpaired) electrons. The second-order valence-corrected chi connectivity index (χ2v) is 5.15. The van der Waals surface area contributed by atoms with Crippen molar-refractivity contribution in [1.82, 2.24) is 0 Å². The maximum Gasteiger partial charge on any atom is 0.335 e. The molecule has 0 heterocycles. The Kier molecular flexibility index (Phi) is 7.50. The molecule has 0 unspecified atom stereocenters. The first-order chi connectivity index (χ1) is 12.2. The lowest BCUT2D eigenvalue weighted by Gasteiger charge is -1.98. The van der Waals surface area contributed by atoms with Gasteiger partial charge in [-0.1, -0.05) is 24.3 Å². The van der Waals surface area contributed by atoms with Gasteiger partial charge in [0.25, 0.3) is 0 Å². The van der Waals surface area contributed by atoms with Crippen LogP contribution in [-0.4, -0.2) is 44.3 Å². The monoisotopic (exact) mass is 360 g/mol. The van der Waals surface area contributed by atoms with Crippen molar-refractivity contribution in [2.45, 2.75) is 12.8 Å². The molecule has 0 saturated heterocycles. The predicted octanol–water partition coefficient (Wildman–Crippen LogP) is 2.02. The summed E-state index contributed by atoms with van der Waals surface area (Å²) in [6, 6.07) is 11.8. The van der Waals surface area contributed by atoms with Crippen LogP contribution in [0.2, 0.25) is 0 Å². The molecule has 0 aliphatic carbocycles. The average molecular weight is 360 g/mol. The van der Waals surface area contributed by atoms with Crippen LogP contribution >= 0.6 is 0 Å². The Morgan fingerprint density at radius 3 is 1.23 bits per heavy atom. The number of carboxylic acid groups (broad SMARTS) is 4. The van der Waals surface area contributed by atoms with Crippen molar-refractivity contribution in [3.05, 3.63) is 70.8 Å². The van der Waals surface area contributed by atoms with Gasteiger partial charge in [-0.05, 0) is 35.4 Å². The molecule has 0 aliphatic rings. The molecule has 0 amide bonds. The normalized spacial score (nSPS) is 9.54. The van der Waals surface area contributed by atoms with Gasteiger partial charge in [0.2, 0.25) is 0 Å². The van der Waals surface area contributed by atoms with Crippen molar-refractivity contribution in [1.29, 1.82) is 0 Å². The van der Waals surface area contributed by atoms with Crippen LogP contribution in [0.25, 0.3) is 0 Å². The fraction of sp³-hybridized carbons (Fsp3) is 0.111. The van der Waals surface area contributed by atoms with Crippen LogP contribution in [-0.2, 0) is 22.4 Å². The summed E-state index contributed by atoms with van der Waals surface area (Å²) in [4.78, 5) is 41.6. The van der Waals surface area contributed by atoms with Crippen LogP contribution in [0.5, 0.6) is 0 Å². The number of carbonyl (C=O) groups is 4. The summed E-state index contributed by atoms with van der Waals surface area (Å²) in [7, 11) is 0. The third-order valence-corrected chi connectivity index (χ3v) is 3.06. The van der Waals surface area contributed by atoms with E-state index in [2.05, 4.69) is 0 Å². The van der Waals surface area contributed by atoms with Gasteiger partial charge in [-0.15, -0.1) is 0 Å². The molecule has 0 spiro atoms. The summed E-state index contributed by atoms with van der Waals surface area (Å²) in [5.74, 6) is -4.04. The highest BCUT2D eigenvalue weighted by atomic mass is 16.4. The molecule has 0 bridgehead atoms. The minimum atomic E-state index is -1.05. The molecular weight excluding hydrogens is 344 g/mol. The summed E-state index contributed by atoms with van der Waals surface area (Å²) < 4.78 is 0. The van der Waals surface area contributed by atoms with E-state index in [1.807, 2.05) is 0 Å². The SMILES string of the molecule is O=C(O)Cc1cccc(C(=O)O)c1.O=C(O)Cc1cccc(C(=O)O)c1. The molecule has 136 valence electrons. The van der Waals surface area contributed by atoms with E-state index in [-0.39, 0.29) is 24.0 Å². The van der Waals surface area contributed by atoms with Crippen molar-refractivity contribution >= 4 is 23.9 Å². The summed E-state index contributed by atoms with van der Waals surface area (Å²) in [6.45, 7) is 0. The zero-order valence-electron chi connectivity index (χ0n) is 13.5. The summed E-state index contributed by atoms with van der Waals surface area (Å²) in [5, 5.41) is 34.1. The van der Waals surface area contributed by atoms with Crippen LogP contribution in [0.4, 0.5) is 0 Å². The molecule has 0 saturated carbocycles. The van der Waals surface area contributed by atoms with E-state index in [1.165, 1.54) is 36.4 Å². The van der Waals surface area contributed by atoms with Gasteiger partial charge in [0.05, 0.1) is 24.0 Å². The van der Waals surface area contributed by atoms with Gasteiger partial charge >= 0.3 is 23.9 Å². The molecule has 2 aromatic rings. The molecule has 26 heavy (non-hydrogen) atoms. The van der Waals surface area contributed by atoms with E-state index in [1.54, 1.807) is 12.1 Å². The van der Waals surface area contributed by atoms with Crippen LogP contribution in [0.1, 0.15) is 31.8 Å². The lowest BCUT2D eigenvalue weighted by Crippen LogP contribution is -2.02. The van der Waals surface area contributed by atoms with E-state index in [9.17, 15) is 19.2 Å². The first-order valence-corrected chi connectivity index (χ1v) is 7.27. The molecule has 4 N–H and O–H groups in total. The molecule has 2 rings (SSSR count). The second-order valence-electron chi connectivity index (χ2n) is 5.15. The standard InChI is InChI=1S/2C9H8O4/c2*10-8(11)5-6-2-1-3-7(4-6)9(12)13/h2*1-4H,5H2,(H,10,11)(H,12,13). The van der Waals surface area contributed by atoms with Gasteiger partial charge in [0.1, 0.15) is 0 Å². The van der Waals surface area contributed by atoms with E-state index < -0.39 is 23.9 Å². The van der Waals surface area contributed by atoms with E-state index in [4.69, 9.17) is 20.4 Å².